The lowest BCUT2D eigenvalue weighted by Crippen LogP contribution is -2.22. The van der Waals surface area contributed by atoms with Gasteiger partial charge in [0, 0.05) is 19.0 Å². The van der Waals surface area contributed by atoms with Gasteiger partial charge in [-0.15, -0.1) is 0 Å². The molecule has 4 nitrogen and oxygen atoms in total. The number of aromatic nitrogens is 1. The average molecular weight is 261 g/mol. The predicted molar refractivity (Wildman–Crippen MR) is 78.4 cm³/mol. The molecule has 0 aliphatic carbocycles. The molecule has 0 unspecified atom stereocenters. The fraction of sp³-hybridized carbons (Fsp3) is 0.600. The van der Waals surface area contributed by atoms with Crippen LogP contribution in [-0.2, 0) is 4.79 Å². The molecule has 1 saturated heterocycles. The van der Waals surface area contributed by atoms with Crippen molar-refractivity contribution in [3.05, 3.63) is 18.3 Å². The van der Waals surface area contributed by atoms with E-state index in [-0.39, 0.29) is 11.8 Å². The van der Waals surface area contributed by atoms with E-state index in [1.54, 1.807) is 6.20 Å². The summed E-state index contributed by atoms with van der Waals surface area (Å²) in [4.78, 5) is 18.7. The van der Waals surface area contributed by atoms with E-state index >= 15 is 0 Å². The van der Waals surface area contributed by atoms with Gasteiger partial charge in [0.2, 0.25) is 5.91 Å². The van der Waals surface area contributed by atoms with Crippen molar-refractivity contribution in [3.63, 3.8) is 0 Å². The van der Waals surface area contributed by atoms with E-state index < -0.39 is 0 Å². The van der Waals surface area contributed by atoms with Crippen molar-refractivity contribution < 1.29 is 4.79 Å². The van der Waals surface area contributed by atoms with Crippen LogP contribution in [0.2, 0.25) is 0 Å². The molecule has 1 N–H and O–H groups in total. The molecule has 0 radical (unpaired) electrons. The Morgan fingerprint density at radius 2 is 2.00 bits per heavy atom. The number of nitrogens with zero attached hydrogens (tertiary/aromatic N) is 2. The second-order valence-electron chi connectivity index (χ2n) is 5.10. The van der Waals surface area contributed by atoms with Crippen LogP contribution in [-0.4, -0.2) is 24.0 Å². The van der Waals surface area contributed by atoms with Gasteiger partial charge in [-0.3, -0.25) is 4.79 Å². The summed E-state index contributed by atoms with van der Waals surface area (Å²) in [5, 5.41) is 2.94. The zero-order chi connectivity index (χ0) is 13.7. The van der Waals surface area contributed by atoms with Crippen molar-refractivity contribution in [2.24, 2.45) is 5.92 Å². The third kappa shape index (κ3) is 3.46. The van der Waals surface area contributed by atoms with Gasteiger partial charge in [0.05, 0.1) is 11.9 Å². The van der Waals surface area contributed by atoms with Crippen LogP contribution in [0.25, 0.3) is 0 Å². The molecule has 2 heterocycles. The highest BCUT2D eigenvalue weighted by molar-refractivity contribution is 5.92. The number of amides is 1. The Morgan fingerprint density at radius 3 is 2.53 bits per heavy atom. The number of rotatable bonds is 5. The molecule has 0 bridgehead atoms. The van der Waals surface area contributed by atoms with E-state index in [4.69, 9.17) is 0 Å². The summed E-state index contributed by atoms with van der Waals surface area (Å²) in [5.74, 6) is 1.21. The first-order chi connectivity index (χ1) is 9.24. The van der Waals surface area contributed by atoms with E-state index in [9.17, 15) is 4.79 Å². The molecule has 0 aromatic carbocycles. The number of anilines is 2. The van der Waals surface area contributed by atoms with Crippen LogP contribution in [0.15, 0.2) is 18.3 Å². The zero-order valence-electron chi connectivity index (χ0n) is 11.9. The fourth-order valence-electron chi connectivity index (χ4n) is 2.50. The highest BCUT2D eigenvalue weighted by atomic mass is 16.1. The Labute approximate surface area is 115 Å². The van der Waals surface area contributed by atoms with Gasteiger partial charge < -0.3 is 10.2 Å². The first-order valence-electron chi connectivity index (χ1n) is 7.26. The van der Waals surface area contributed by atoms with Crippen molar-refractivity contribution in [1.82, 2.24) is 4.98 Å². The molecule has 0 saturated carbocycles. The highest BCUT2D eigenvalue weighted by Crippen LogP contribution is 2.19. The highest BCUT2D eigenvalue weighted by Gasteiger charge is 2.15. The van der Waals surface area contributed by atoms with Gasteiger partial charge in [0.1, 0.15) is 5.82 Å². The molecule has 2 rings (SSSR count). The standard InChI is InChI=1S/C15H23N3O/c1-3-12(4-2)15(19)17-13-7-8-14(16-11-13)18-9-5-6-10-18/h7-8,11-12H,3-6,9-10H2,1-2H3,(H,17,19). The van der Waals surface area contributed by atoms with E-state index in [1.807, 2.05) is 26.0 Å². The molecule has 0 atom stereocenters. The lowest BCUT2D eigenvalue weighted by Gasteiger charge is -2.17. The van der Waals surface area contributed by atoms with Crippen LogP contribution in [0.1, 0.15) is 39.5 Å². The Morgan fingerprint density at radius 1 is 1.32 bits per heavy atom. The van der Waals surface area contributed by atoms with Crippen LogP contribution in [0, 0.1) is 5.92 Å². The minimum absolute atomic E-state index is 0.0956. The monoisotopic (exact) mass is 261 g/mol. The molecule has 104 valence electrons. The maximum atomic E-state index is 12.0. The molecule has 1 amide bonds. The van der Waals surface area contributed by atoms with Gasteiger partial charge in [0.25, 0.3) is 0 Å². The van der Waals surface area contributed by atoms with Crippen molar-refractivity contribution in [1.29, 1.82) is 0 Å². The van der Waals surface area contributed by atoms with Crippen LogP contribution >= 0.6 is 0 Å². The zero-order valence-corrected chi connectivity index (χ0v) is 11.9. The van der Waals surface area contributed by atoms with Gasteiger partial charge in [-0.2, -0.15) is 0 Å². The Balaban J connectivity index is 1.96. The van der Waals surface area contributed by atoms with Crippen molar-refractivity contribution >= 4 is 17.4 Å². The number of carbonyl (C=O) groups excluding carboxylic acids is 1. The molecule has 19 heavy (non-hydrogen) atoms. The Bertz CT molecular complexity index is 406. The number of hydrogen-bond donors (Lipinski definition) is 1. The van der Waals surface area contributed by atoms with E-state index in [1.165, 1.54) is 12.8 Å². The van der Waals surface area contributed by atoms with Gasteiger partial charge >= 0.3 is 0 Å². The van der Waals surface area contributed by atoms with Gasteiger partial charge in [-0.1, -0.05) is 13.8 Å². The minimum Gasteiger partial charge on any atom is -0.357 e. The van der Waals surface area contributed by atoms with Gasteiger partial charge in [-0.25, -0.2) is 4.98 Å². The Hall–Kier alpha value is -1.58. The maximum Gasteiger partial charge on any atom is 0.227 e. The van der Waals surface area contributed by atoms with Crippen molar-refractivity contribution in [2.75, 3.05) is 23.3 Å². The summed E-state index contributed by atoms with van der Waals surface area (Å²) in [5.41, 5.74) is 0.792. The predicted octanol–water partition coefficient (Wildman–Crippen LogP) is 3.06. The normalized spacial score (nSPS) is 15.0. The number of hydrogen-bond acceptors (Lipinski definition) is 3. The molecule has 1 aromatic heterocycles. The first-order valence-corrected chi connectivity index (χ1v) is 7.26. The fourth-order valence-corrected chi connectivity index (χ4v) is 2.50. The third-order valence-electron chi connectivity index (χ3n) is 3.80. The summed E-state index contributed by atoms with van der Waals surface area (Å²) < 4.78 is 0. The van der Waals surface area contributed by atoms with Crippen molar-refractivity contribution in [2.45, 2.75) is 39.5 Å². The molecule has 1 aromatic rings. The molecule has 1 aliphatic rings. The van der Waals surface area contributed by atoms with E-state index in [0.717, 1.165) is 37.4 Å². The SMILES string of the molecule is CCC(CC)C(=O)Nc1ccc(N2CCCC2)nc1. The summed E-state index contributed by atoms with van der Waals surface area (Å²) >= 11 is 0. The second kappa shape index (κ2) is 6.55. The molecular formula is C15H23N3O. The van der Waals surface area contributed by atoms with Crippen LogP contribution in [0.4, 0.5) is 11.5 Å². The second-order valence-corrected chi connectivity index (χ2v) is 5.10. The van der Waals surface area contributed by atoms with Crippen molar-refractivity contribution in [3.8, 4) is 0 Å². The largest absolute Gasteiger partial charge is 0.357 e. The number of pyridine rings is 1. The molecule has 1 aliphatic heterocycles. The van der Waals surface area contributed by atoms with E-state index in [0.29, 0.717) is 0 Å². The maximum absolute atomic E-state index is 12.0. The van der Waals surface area contributed by atoms with E-state index in [2.05, 4.69) is 15.2 Å². The molecular weight excluding hydrogens is 238 g/mol. The Kier molecular flexibility index (Phi) is 4.77. The molecule has 0 spiro atoms. The first kappa shape index (κ1) is 13.8. The number of nitrogens with one attached hydrogen (secondary N) is 1. The lowest BCUT2D eigenvalue weighted by atomic mass is 10.0. The summed E-state index contributed by atoms with van der Waals surface area (Å²) in [6.45, 7) is 6.27. The summed E-state index contributed by atoms with van der Waals surface area (Å²) in [6.07, 6.45) is 6.00. The van der Waals surface area contributed by atoms with Crippen LogP contribution in [0.3, 0.4) is 0 Å². The minimum atomic E-state index is 0.0956. The average Bonchev–Trinajstić information content (AvgIpc) is 2.95. The number of carbonyl (C=O) groups is 1. The molecule has 1 fully saturated rings. The third-order valence-corrected chi connectivity index (χ3v) is 3.80. The van der Waals surface area contributed by atoms with Gasteiger partial charge in [0.15, 0.2) is 0 Å². The van der Waals surface area contributed by atoms with Gasteiger partial charge in [-0.05, 0) is 37.8 Å². The smallest absolute Gasteiger partial charge is 0.227 e. The molecule has 4 heteroatoms. The van der Waals surface area contributed by atoms with Crippen LogP contribution < -0.4 is 10.2 Å². The lowest BCUT2D eigenvalue weighted by molar-refractivity contribution is -0.120. The quantitative estimate of drug-likeness (QED) is 0.886. The summed E-state index contributed by atoms with van der Waals surface area (Å²) in [7, 11) is 0. The summed E-state index contributed by atoms with van der Waals surface area (Å²) in [6, 6.07) is 3.94. The van der Waals surface area contributed by atoms with Crippen LogP contribution in [0.5, 0.6) is 0 Å². The topological polar surface area (TPSA) is 45.2 Å².